The van der Waals surface area contributed by atoms with Crippen molar-refractivity contribution >= 4 is 17.4 Å². The molecule has 0 spiro atoms. The van der Waals surface area contributed by atoms with Crippen LogP contribution in [0.2, 0.25) is 5.15 Å². The Balaban J connectivity index is 1.63. The lowest BCUT2D eigenvalue weighted by Crippen LogP contribution is -2.52. The molecule has 17 heavy (non-hydrogen) atoms. The van der Waals surface area contributed by atoms with E-state index in [0.29, 0.717) is 5.15 Å². The Hall–Kier alpha value is -0.870. The minimum absolute atomic E-state index is 0.518. The van der Waals surface area contributed by atoms with Crippen LogP contribution in [0.15, 0.2) is 12.4 Å². The normalized spacial score (nSPS) is 22.5. The molecule has 5 heteroatoms. The van der Waals surface area contributed by atoms with Crippen LogP contribution in [0, 0.1) is 0 Å². The van der Waals surface area contributed by atoms with Gasteiger partial charge in [-0.1, -0.05) is 18.0 Å². The Morgan fingerprint density at radius 3 is 2.35 bits per heavy atom. The summed E-state index contributed by atoms with van der Waals surface area (Å²) in [5, 5.41) is 0.518. The summed E-state index contributed by atoms with van der Waals surface area (Å²) in [5.41, 5.74) is 0. The molecule has 0 N–H and O–H groups in total. The molecule has 2 fully saturated rings. The van der Waals surface area contributed by atoms with E-state index in [1.165, 1.54) is 19.3 Å². The number of hydrogen-bond acceptors (Lipinski definition) is 4. The van der Waals surface area contributed by atoms with Gasteiger partial charge in [-0.25, -0.2) is 9.97 Å². The van der Waals surface area contributed by atoms with E-state index in [1.54, 1.807) is 12.4 Å². The summed E-state index contributed by atoms with van der Waals surface area (Å²) >= 11 is 6.07. The van der Waals surface area contributed by atoms with E-state index in [9.17, 15) is 0 Å². The first-order valence-electron chi connectivity index (χ1n) is 6.30. The highest BCUT2D eigenvalue weighted by atomic mass is 35.5. The second-order valence-electron chi connectivity index (χ2n) is 4.78. The van der Waals surface area contributed by atoms with Gasteiger partial charge in [-0.2, -0.15) is 0 Å². The second-order valence-corrected chi connectivity index (χ2v) is 5.14. The fraction of sp³-hybridized carbons (Fsp3) is 0.667. The molecular formula is C12H17ClN4. The van der Waals surface area contributed by atoms with Crippen molar-refractivity contribution in [1.82, 2.24) is 14.9 Å². The average Bonchev–Trinajstić information content (AvgIpc) is 2.29. The Kier molecular flexibility index (Phi) is 3.16. The summed E-state index contributed by atoms with van der Waals surface area (Å²) in [6.07, 6.45) is 7.51. The topological polar surface area (TPSA) is 32.3 Å². The summed E-state index contributed by atoms with van der Waals surface area (Å²) in [7, 11) is 0. The van der Waals surface area contributed by atoms with Crippen LogP contribution in [-0.4, -0.2) is 47.1 Å². The third-order valence-corrected chi connectivity index (χ3v) is 4.11. The van der Waals surface area contributed by atoms with Crippen LogP contribution in [0.4, 0.5) is 5.82 Å². The minimum Gasteiger partial charge on any atom is -0.351 e. The van der Waals surface area contributed by atoms with Crippen molar-refractivity contribution in [1.29, 1.82) is 0 Å². The molecule has 0 amide bonds. The molecule has 1 aromatic heterocycles. The molecule has 0 unspecified atom stereocenters. The Bertz CT molecular complexity index is 386. The van der Waals surface area contributed by atoms with Gasteiger partial charge >= 0.3 is 0 Å². The lowest BCUT2D eigenvalue weighted by Gasteiger charge is -2.43. The highest BCUT2D eigenvalue weighted by Gasteiger charge is 2.28. The molecule has 1 aliphatic carbocycles. The van der Waals surface area contributed by atoms with Gasteiger partial charge in [-0.15, -0.1) is 0 Å². The number of halogens is 1. The number of aromatic nitrogens is 2. The summed E-state index contributed by atoms with van der Waals surface area (Å²) in [4.78, 5) is 13.2. The maximum absolute atomic E-state index is 6.07. The molecule has 4 nitrogen and oxygen atoms in total. The Labute approximate surface area is 107 Å². The highest BCUT2D eigenvalue weighted by molar-refractivity contribution is 6.31. The number of rotatable bonds is 2. The number of nitrogens with zero attached hydrogens (tertiary/aromatic N) is 4. The first kappa shape index (κ1) is 11.2. The third-order valence-electron chi connectivity index (χ3n) is 3.84. The molecule has 1 aliphatic heterocycles. The standard InChI is InChI=1S/C12H17ClN4/c13-11-12(15-5-4-14-11)17-8-6-16(7-9-17)10-2-1-3-10/h4-5,10H,1-3,6-9H2. The molecule has 2 aliphatic rings. The molecule has 1 saturated heterocycles. The maximum atomic E-state index is 6.07. The molecule has 2 heterocycles. The van der Waals surface area contributed by atoms with Crippen molar-refractivity contribution in [3.63, 3.8) is 0 Å². The van der Waals surface area contributed by atoms with Crippen molar-refractivity contribution in [2.75, 3.05) is 31.1 Å². The summed E-state index contributed by atoms with van der Waals surface area (Å²) < 4.78 is 0. The van der Waals surface area contributed by atoms with Crippen LogP contribution in [0.25, 0.3) is 0 Å². The summed E-state index contributed by atoms with van der Waals surface area (Å²) in [5.74, 6) is 0.836. The molecule has 1 aromatic rings. The van der Waals surface area contributed by atoms with E-state index in [2.05, 4.69) is 19.8 Å². The molecule has 3 rings (SSSR count). The second kappa shape index (κ2) is 4.78. The summed E-state index contributed by atoms with van der Waals surface area (Å²) in [6, 6.07) is 0.842. The van der Waals surface area contributed by atoms with Crippen LogP contribution < -0.4 is 4.90 Å². The van der Waals surface area contributed by atoms with E-state index in [0.717, 1.165) is 38.0 Å². The van der Waals surface area contributed by atoms with Gasteiger partial charge < -0.3 is 4.90 Å². The lowest BCUT2D eigenvalue weighted by atomic mass is 9.91. The highest BCUT2D eigenvalue weighted by Crippen LogP contribution is 2.27. The van der Waals surface area contributed by atoms with E-state index in [4.69, 9.17) is 11.6 Å². The van der Waals surface area contributed by atoms with Gasteiger partial charge in [0.25, 0.3) is 0 Å². The molecule has 0 aromatic carbocycles. The van der Waals surface area contributed by atoms with Gasteiger partial charge in [-0.05, 0) is 12.8 Å². The van der Waals surface area contributed by atoms with E-state index in [1.807, 2.05) is 0 Å². The fourth-order valence-corrected chi connectivity index (χ4v) is 2.80. The predicted octanol–water partition coefficient (Wildman–Crippen LogP) is 1.80. The van der Waals surface area contributed by atoms with Crippen molar-refractivity contribution < 1.29 is 0 Å². The first-order chi connectivity index (χ1) is 8.34. The van der Waals surface area contributed by atoms with Gasteiger partial charge in [0.2, 0.25) is 0 Å². The van der Waals surface area contributed by atoms with Crippen molar-refractivity contribution in [3.8, 4) is 0 Å². The maximum Gasteiger partial charge on any atom is 0.171 e. The number of hydrogen-bond donors (Lipinski definition) is 0. The van der Waals surface area contributed by atoms with Gasteiger partial charge in [0.15, 0.2) is 11.0 Å². The monoisotopic (exact) mass is 252 g/mol. The lowest BCUT2D eigenvalue weighted by molar-refractivity contribution is 0.120. The van der Waals surface area contributed by atoms with Gasteiger partial charge in [0.05, 0.1) is 0 Å². The fourth-order valence-electron chi connectivity index (χ4n) is 2.58. The zero-order valence-corrected chi connectivity index (χ0v) is 10.6. The SMILES string of the molecule is Clc1nccnc1N1CCN(C2CCC2)CC1. The van der Waals surface area contributed by atoms with E-state index in [-0.39, 0.29) is 0 Å². The van der Waals surface area contributed by atoms with Gasteiger partial charge in [0.1, 0.15) is 0 Å². The molecule has 1 saturated carbocycles. The number of anilines is 1. The van der Waals surface area contributed by atoms with Crippen LogP contribution in [0.1, 0.15) is 19.3 Å². The van der Waals surface area contributed by atoms with Crippen LogP contribution >= 0.6 is 11.6 Å². The Morgan fingerprint density at radius 2 is 1.76 bits per heavy atom. The van der Waals surface area contributed by atoms with Gasteiger partial charge in [-0.3, -0.25) is 4.90 Å². The smallest absolute Gasteiger partial charge is 0.171 e. The minimum atomic E-state index is 0.518. The van der Waals surface area contributed by atoms with E-state index >= 15 is 0 Å². The number of piperazine rings is 1. The molecule has 0 atom stereocenters. The molecule has 0 radical (unpaired) electrons. The first-order valence-corrected chi connectivity index (χ1v) is 6.68. The molecule has 0 bridgehead atoms. The van der Waals surface area contributed by atoms with Crippen LogP contribution in [-0.2, 0) is 0 Å². The largest absolute Gasteiger partial charge is 0.351 e. The van der Waals surface area contributed by atoms with Crippen molar-refractivity contribution in [2.24, 2.45) is 0 Å². The summed E-state index contributed by atoms with van der Waals surface area (Å²) in [6.45, 7) is 4.26. The van der Waals surface area contributed by atoms with E-state index < -0.39 is 0 Å². The zero-order chi connectivity index (χ0) is 11.7. The molecular weight excluding hydrogens is 236 g/mol. The van der Waals surface area contributed by atoms with Crippen molar-refractivity contribution in [3.05, 3.63) is 17.5 Å². The molecule has 92 valence electrons. The van der Waals surface area contributed by atoms with Crippen molar-refractivity contribution in [2.45, 2.75) is 25.3 Å². The third kappa shape index (κ3) is 2.24. The van der Waals surface area contributed by atoms with Crippen LogP contribution in [0.3, 0.4) is 0 Å². The van der Waals surface area contributed by atoms with Crippen LogP contribution in [0.5, 0.6) is 0 Å². The van der Waals surface area contributed by atoms with Gasteiger partial charge in [0, 0.05) is 44.6 Å². The Morgan fingerprint density at radius 1 is 1.06 bits per heavy atom. The quantitative estimate of drug-likeness (QED) is 0.804. The average molecular weight is 253 g/mol. The predicted molar refractivity (Wildman–Crippen MR) is 68.5 cm³/mol. The zero-order valence-electron chi connectivity index (χ0n) is 9.85.